The molecule has 1 atom stereocenters. The summed E-state index contributed by atoms with van der Waals surface area (Å²) in [4.78, 5) is 14.0. The van der Waals surface area contributed by atoms with Crippen molar-refractivity contribution in [3.05, 3.63) is 40.6 Å². The van der Waals surface area contributed by atoms with Crippen molar-refractivity contribution in [2.24, 2.45) is 0 Å². The van der Waals surface area contributed by atoms with Gasteiger partial charge in [0.1, 0.15) is 11.2 Å². The van der Waals surface area contributed by atoms with Crippen LogP contribution >= 0.6 is 34.2 Å². The molecule has 98 valence electrons. The van der Waals surface area contributed by atoms with E-state index in [-0.39, 0.29) is 10.9 Å². The van der Waals surface area contributed by atoms with Crippen LogP contribution in [0.4, 0.5) is 5.69 Å². The quantitative estimate of drug-likeness (QED) is 0.206. The lowest BCUT2D eigenvalue weighted by Crippen LogP contribution is -2.00. The Bertz CT molecular complexity index is 423. The van der Waals surface area contributed by atoms with E-state index < -0.39 is 4.92 Å². The third-order valence-corrected chi connectivity index (χ3v) is 5.12. The molecule has 7 heteroatoms. The fraction of sp³-hybridized carbons (Fsp3) is 0.364. The van der Waals surface area contributed by atoms with Gasteiger partial charge in [-0.2, -0.15) is 12.6 Å². The van der Waals surface area contributed by atoms with Crippen molar-refractivity contribution in [3.8, 4) is 0 Å². The number of thiol groups is 1. The zero-order valence-electron chi connectivity index (χ0n) is 9.91. The van der Waals surface area contributed by atoms with Crippen molar-refractivity contribution in [1.29, 1.82) is 0 Å². The van der Waals surface area contributed by atoms with E-state index in [1.165, 1.54) is 23.1 Å². The summed E-state index contributed by atoms with van der Waals surface area (Å²) in [5.41, 5.74) is 1.08. The minimum Gasteiger partial charge on any atom is -0.258 e. The smallest absolute Gasteiger partial charge is 0.258 e. The van der Waals surface area contributed by atoms with Gasteiger partial charge in [-0.05, 0) is 30.2 Å². The first-order valence-electron chi connectivity index (χ1n) is 5.24. The monoisotopic (exact) mass is 302 g/mol. The summed E-state index contributed by atoms with van der Waals surface area (Å²) in [6, 6.07) is 3.12. The second kappa shape index (κ2) is 7.70. The van der Waals surface area contributed by atoms with Gasteiger partial charge < -0.3 is 0 Å². The van der Waals surface area contributed by atoms with Gasteiger partial charge in [-0.15, -0.1) is 0 Å². The van der Waals surface area contributed by atoms with E-state index in [1.807, 2.05) is 6.92 Å². The molecular formula is C11H14N2O2S3. The highest BCUT2D eigenvalue weighted by atomic mass is 33.1. The van der Waals surface area contributed by atoms with Crippen molar-refractivity contribution >= 4 is 39.9 Å². The summed E-state index contributed by atoms with van der Waals surface area (Å²) < 4.78 is 0. The van der Waals surface area contributed by atoms with Crippen LogP contribution in [0.1, 0.15) is 13.3 Å². The zero-order valence-corrected chi connectivity index (χ0v) is 12.4. The van der Waals surface area contributed by atoms with Crippen LogP contribution in [-0.4, -0.2) is 20.9 Å². The number of aromatic nitrogens is 1. The third kappa shape index (κ3) is 5.32. The van der Waals surface area contributed by atoms with Gasteiger partial charge in [-0.3, -0.25) is 10.1 Å². The topological polar surface area (TPSA) is 56.0 Å². The Labute approximate surface area is 120 Å². The van der Waals surface area contributed by atoms with E-state index in [1.54, 1.807) is 16.9 Å². The molecule has 0 aliphatic carbocycles. The summed E-state index contributed by atoms with van der Waals surface area (Å²) in [6.45, 7) is 5.82. The fourth-order valence-electron chi connectivity index (χ4n) is 1.04. The number of hydrogen-bond donors (Lipinski definition) is 1. The van der Waals surface area contributed by atoms with Crippen LogP contribution in [0.3, 0.4) is 0 Å². The summed E-state index contributed by atoms with van der Waals surface area (Å²) in [7, 11) is 3.17. The van der Waals surface area contributed by atoms with E-state index in [9.17, 15) is 10.1 Å². The average Bonchev–Trinajstić information content (AvgIpc) is 2.34. The van der Waals surface area contributed by atoms with Crippen molar-refractivity contribution in [2.75, 3.05) is 5.75 Å². The Kier molecular flexibility index (Phi) is 6.59. The van der Waals surface area contributed by atoms with Gasteiger partial charge in [-0.1, -0.05) is 22.9 Å². The molecule has 0 aromatic carbocycles. The molecule has 0 saturated carbocycles. The summed E-state index contributed by atoms with van der Waals surface area (Å²) >= 11 is 4.41. The number of rotatable bonds is 7. The molecule has 0 saturated heterocycles. The molecule has 0 bridgehead atoms. The minimum absolute atomic E-state index is 0.0158. The summed E-state index contributed by atoms with van der Waals surface area (Å²) in [5, 5.41) is 11.4. The Balaban J connectivity index is 2.31. The molecule has 1 heterocycles. The molecule has 0 spiro atoms. The molecule has 1 unspecified atom stereocenters. The van der Waals surface area contributed by atoms with Gasteiger partial charge in [0, 0.05) is 17.1 Å². The van der Waals surface area contributed by atoms with Crippen molar-refractivity contribution in [3.63, 3.8) is 0 Å². The third-order valence-electron chi connectivity index (χ3n) is 2.12. The number of pyridine rings is 1. The van der Waals surface area contributed by atoms with Crippen LogP contribution in [0.15, 0.2) is 35.5 Å². The van der Waals surface area contributed by atoms with Crippen LogP contribution in [0.25, 0.3) is 0 Å². The largest absolute Gasteiger partial charge is 0.287 e. The van der Waals surface area contributed by atoms with E-state index in [2.05, 4.69) is 24.2 Å². The van der Waals surface area contributed by atoms with Gasteiger partial charge in [-0.25, -0.2) is 4.98 Å². The highest BCUT2D eigenvalue weighted by Gasteiger charge is 2.07. The van der Waals surface area contributed by atoms with Gasteiger partial charge in [0.15, 0.2) is 0 Å². The maximum atomic E-state index is 10.4. The standard InChI is InChI=1S/C11H14N2O2S3/c1-8(2)10(16)5-6-17-18-11-4-3-9(7-12-11)13(14)15/h3-4,7,10,16H,1,5-6H2,2H3. The first-order chi connectivity index (χ1) is 8.50. The Hall–Kier alpha value is -0.660. The van der Waals surface area contributed by atoms with Gasteiger partial charge in [0.25, 0.3) is 5.69 Å². The van der Waals surface area contributed by atoms with E-state index >= 15 is 0 Å². The van der Waals surface area contributed by atoms with Crippen LogP contribution in [-0.2, 0) is 0 Å². The van der Waals surface area contributed by atoms with Crippen LogP contribution < -0.4 is 0 Å². The average molecular weight is 302 g/mol. The number of hydrogen-bond acceptors (Lipinski definition) is 6. The molecule has 0 N–H and O–H groups in total. The molecule has 0 radical (unpaired) electrons. The van der Waals surface area contributed by atoms with Crippen LogP contribution in [0.5, 0.6) is 0 Å². The zero-order chi connectivity index (χ0) is 13.5. The molecule has 18 heavy (non-hydrogen) atoms. The van der Waals surface area contributed by atoms with Crippen molar-refractivity contribution in [1.82, 2.24) is 4.98 Å². The lowest BCUT2D eigenvalue weighted by Gasteiger charge is -2.08. The van der Waals surface area contributed by atoms with E-state index in [4.69, 9.17) is 0 Å². The molecule has 0 aliphatic rings. The second-order valence-corrected chi connectivity index (χ2v) is 6.73. The van der Waals surface area contributed by atoms with Crippen LogP contribution in [0, 0.1) is 10.1 Å². The molecule has 4 nitrogen and oxygen atoms in total. The summed E-state index contributed by atoms with van der Waals surface area (Å²) in [6.07, 6.45) is 2.22. The molecule has 0 amide bonds. The first kappa shape index (κ1) is 15.4. The Morgan fingerprint density at radius 2 is 2.39 bits per heavy atom. The molecule has 0 fully saturated rings. The van der Waals surface area contributed by atoms with E-state index in [0.29, 0.717) is 0 Å². The lowest BCUT2D eigenvalue weighted by molar-refractivity contribution is -0.385. The molecule has 1 aromatic rings. The van der Waals surface area contributed by atoms with Gasteiger partial charge >= 0.3 is 0 Å². The predicted molar refractivity (Wildman–Crippen MR) is 81.4 cm³/mol. The van der Waals surface area contributed by atoms with E-state index in [0.717, 1.165) is 22.8 Å². The minimum atomic E-state index is -0.451. The fourth-order valence-corrected chi connectivity index (χ4v) is 3.29. The van der Waals surface area contributed by atoms with Crippen molar-refractivity contribution in [2.45, 2.75) is 23.6 Å². The highest BCUT2D eigenvalue weighted by Crippen LogP contribution is 2.31. The molecule has 1 rings (SSSR count). The summed E-state index contributed by atoms with van der Waals surface area (Å²) in [5.74, 6) is 0.935. The Morgan fingerprint density at radius 3 is 2.89 bits per heavy atom. The SMILES string of the molecule is C=C(C)C(S)CCSSc1ccc([N+](=O)[O-])cn1. The maximum Gasteiger partial charge on any atom is 0.287 e. The second-order valence-electron chi connectivity index (χ2n) is 3.67. The maximum absolute atomic E-state index is 10.4. The van der Waals surface area contributed by atoms with Crippen molar-refractivity contribution < 1.29 is 4.92 Å². The molecular weight excluding hydrogens is 288 g/mol. The van der Waals surface area contributed by atoms with Gasteiger partial charge in [0.05, 0.1) is 4.92 Å². The Morgan fingerprint density at radius 1 is 1.67 bits per heavy atom. The normalized spacial score (nSPS) is 12.1. The predicted octanol–water partition coefficient (Wildman–Crippen LogP) is 3.99. The van der Waals surface area contributed by atoms with Gasteiger partial charge in [0.2, 0.25) is 0 Å². The highest BCUT2D eigenvalue weighted by molar-refractivity contribution is 8.76. The molecule has 0 aliphatic heterocycles. The number of nitro groups is 1. The first-order valence-corrected chi connectivity index (χ1v) is 8.07. The van der Waals surface area contributed by atoms with Crippen LogP contribution in [0.2, 0.25) is 0 Å². The number of nitrogens with zero attached hydrogens (tertiary/aromatic N) is 2. The lowest BCUT2D eigenvalue weighted by atomic mass is 10.2. The molecule has 1 aromatic heterocycles.